The van der Waals surface area contributed by atoms with Gasteiger partial charge in [0.1, 0.15) is 5.75 Å². The first-order chi connectivity index (χ1) is 8.63. The van der Waals surface area contributed by atoms with Gasteiger partial charge in [-0.05, 0) is 17.7 Å². The number of aliphatic hydroxyl groups is 1. The zero-order valence-corrected chi connectivity index (χ0v) is 9.61. The summed E-state index contributed by atoms with van der Waals surface area (Å²) in [6.45, 7) is 0.142. The van der Waals surface area contributed by atoms with Crippen molar-refractivity contribution in [3.05, 3.63) is 29.8 Å². The van der Waals surface area contributed by atoms with E-state index in [0.717, 1.165) is 5.56 Å². The molecule has 2 N–H and O–H groups in total. The Labute approximate surface area is 104 Å². The van der Waals surface area contributed by atoms with E-state index in [1.54, 1.807) is 12.1 Å². The zero-order chi connectivity index (χ0) is 12.9. The number of carbonyl (C=O) groups excluding carboxylic acids is 2. The highest BCUT2D eigenvalue weighted by atomic mass is 16.3. The van der Waals surface area contributed by atoms with Crippen LogP contribution in [0.25, 0.3) is 0 Å². The predicted molar refractivity (Wildman–Crippen MR) is 61.2 cm³/mol. The Bertz CT molecular complexity index is 488. The molecule has 0 aromatic heterocycles. The summed E-state index contributed by atoms with van der Waals surface area (Å²) in [5, 5.41) is 18.2. The number of aliphatic hydroxyl groups excluding tert-OH is 1. The van der Waals surface area contributed by atoms with E-state index in [9.17, 15) is 9.59 Å². The van der Waals surface area contributed by atoms with E-state index in [2.05, 4.69) is 0 Å². The van der Waals surface area contributed by atoms with Crippen molar-refractivity contribution in [3.8, 4) is 5.75 Å². The van der Waals surface area contributed by atoms with Crippen molar-refractivity contribution in [3.63, 3.8) is 0 Å². The Morgan fingerprint density at radius 2 is 1.61 bits per heavy atom. The van der Waals surface area contributed by atoms with E-state index in [-0.39, 0.29) is 48.5 Å². The number of benzene rings is 1. The number of fused-ring (bicyclic) bond motifs is 1. The van der Waals surface area contributed by atoms with Crippen LogP contribution in [0.4, 0.5) is 0 Å². The SMILES string of the molecule is O=C1C2C(CO)C2C(=O)N1Cc1ccc(O)cc1. The van der Waals surface area contributed by atoms with Gasteiger partial charge in [0.2, 0.25) is 11.8 Å². The maximum atomic E-state index is 11.9. The van der Waals surface area contributed by atoms with E-state index >= 15 is 0 Å². The molecule has 3 rings (SSSR count). The topological polar surface area (TPSA) is 77.8 Å². The Hall–Kier alpha value is -1.88. The fraction of sp³-hybridized carbons (Fsp3) is 0.385. The smallest absolute Gasteiger partial charge is 0.233 e. The van der Waals surface area contributed by atoms with Crippen molar-refractivity contribution in [1.82, 2.24) is 4.90 Å². The number of carbonyl (C=O) groups is 2. The molecule has 1 saturated heterocycles. The maximum absolute atomic E-state index is 11.9. The molecule has 0 radical (unpaired) electrons. The number of hydrogen-bond donors (Lipinski definition) is 2. The standard InChI is InChI=1S/C13H13NO4/c15-6-9-10-11(9)13(18)14(12(10)17)5-7-1-3-8(16)4-2-7/h1-4,9-11,15-16H,5-6H2. The minimum Gasteiger partial charge on any atom is -0.508 e. The molecule has 1 aromatic carbocycles. The van der Waals surface area contributed by atoms with E-state index in [1.165, 1.54) is 17.0 Å². The molecule has 0 spiro atoms. The van der Waals surface area contributed by atoms with Gasteiger partial charge < -0.3 is 10.2 Å². The third kappa shape index (κ3) is 1.51. The molecular formula is C13H13NO4. The van der Waals surface area contributed by atoms with Gasteiger partial charge in [-0.15, -0.1) is 0 Å². The molecule has 2 unspecified atom stereocenters. The molecule has 2 aliphatic rings. The first kappa shape index (κ1) is 11.2. The molecule has 0 bridgehead atoms. The van der Waals surface area contributed by atoms with Gasteiger partial charge in [0.05, 0.1) is 18.4 Å². The van der Waals surface area contributed by atoms with Crippen LogP contribution < -0.4 is 0 Å². The Morgan fingerprint density at radius 3 is 2.11 bits per heavy atom. The number of rotatable bonds is 3. The lowest BCUT2D eigenvalue weighted by molar-refractivity contribution is -0.143. The second kappa shape index (κ2) is 3.81. The summed E-state index contributed by atoms with van der Waals surface area (Å²) < 4.78 is 0. The molecule has 2 amide bonds. The molecule has 1 aliphatic heterocycles. The first-order valence-electron chi connectivity index (χ1n) is 5.87. The fourth-order valence-electron chi connectivity index (χ4n) is 2.68. The number of hydrogen-bond acceptors (Lipinski definition) is 4. The number of imide groups is 1. The predicted octanol–water partition coefficient (Wildman–Crippen LogP) is 0.115. The summed E-state index contributed by atoms with van der Waals surface area (Å²) in [5.41, 5.74) is 0.802. The summed E-state index contributed by atoms with van der Waals surface area (Å²) in [6.07, 6.45) is 0. The van der Waals surface area contributed by atoms with Gasteiger partial charge >= 0.3 is 0 Å². The van der Waals surface area contributed by atoms with Crippen LogP contribution in [0.3, 0.4) is 0 Å². The van der Waals surface area contributed by atoms with Crippen LogP contribution in [0, 0.1) is 17.8 Å². The second-order valence-electron chi connectivity index (χ2n) is 4.83. The van der Waals surface area contributed by atoms with Gasteiger partial charge in [-0.2, -0.15) is 0 Å². The zero-order valence-electron chi connectivity index (χ0n) is 9.61. The second-order valence-corrected chi connectivity index (χ2v) is 4.83. The van der Waals surface area contributed by atoms with Crippen LogP contribution in [-0.4, -0.2) is 33.5 Å². The molecular weight excluding hydrogens is 234 g/mol. The van der Waals surface area contributed by atoms with E-state index in [1.807, 2.05) is 0 Å². The molecule has 5 heteroatoms. The molecule has 2 fully saturated rings. The monoisotopic (exact) mass is 247 g/mol. The summed E-state index contributed by atoms with van der Waals surface area (Å²) in [6, 6.07) is 6.42. The summed E-state index contributed by atoms with van der Waals surface area (Å²) in [5.74, 6) is -0.990. The molecule has 18 heavy (non-hydrogen) atoms. The summed E-state index contributed by atoms with van der Waals surface area (Å²) in [7, 11) is 0. The van der Waals surface area contributed by atoms with Crippen LogP contribution >= 0.6 is 0 Å². The Balaban J connectivity index is 1.74. The number of phenolic OH excluding ortho intramolecular Hbond substituents is 1. The highest BCUT2D eigenvalue weighted by Crippen LogP contribution is 2.53. The lowest BCUT2D eigenvalue weighted by atomic mass is 10.2. The molecule has 1 aliphatic carbocycles. The molecule has 5 nitrogen and oxygen atoms in total. The highest BCUT2D eigenvalue weighted by Gasteiger charge is 2.66. The normalized spacial score (nSPS) is 29.6. The molecule has 1 saturated carbocycles. The lowest BCUT2D eigenvalue weighted by Crippen LogP contribution is -2.34. The molecule has 94 valence electrons. The minimum atomic E-state index is -0.306. The maximum Gasteiger partial charge on any atom is 0.233 e. The van der Waals surface area contributed by atoms with Crippen LogP contribution in [-0.2, 0) is 16.1 Å². The van der Waals surface area contributed by atoms with Gasteiger partial charge in [0, 0.05) is 12.5 Å². The fourth-order valence-corrected chi connectivity index (χ4v) is 2.68. The lowest BCUT2D eigenvalue weighted by Gasteiger charge is -2.17. The molecule has 1 aromatic rings. The van der Waals surface area contributed by atoms with Crippen LogP contribution in [0.1, 0.15) is 5.56 Å². The number of nitrogens with zero attached hydrogens (tertiary/aromatic N) is 1. The van der Waals surface area contributed by atoms with Crippen molar-refractivity contribution < 1.29 is 19.8 Å². The quantitative estimate of drug-likeness (QED) is 0.743. The van der Waals surface area contributed by atoms with Gasteiger partial charge in [0.15, 0.2) is 0 Å². The van der Waals surface area contributed by atoms with Gasteiger partial charge in [-0.25, -0.2) is 0 Å². The van der Waals surface area contributed by atoms with E-state index in [0.29, 0.717) is 0 Å². The highest BCUT2D eigenvalue weighted by molar-refractivity contribution is 6.09. The van der Waals surface area contributed by atoms with Crippen molar-refractivity contribution >= 4 is 11.8 Å². The number of phenols is 1. The number of amides is 2. The van der Waals surface area contributed by atoms with E-state index in [4.69, 9.17) is 10.2 Å². The molecule has 1 heterocycles. The first-order valence-corrected chi connectivity index (χ1v) is 5.87. The third-order valence-corrected chi connectivity index (χ3v) is 3.76. The van der Waals surface area contributed by atoms with Gasteiger partial charge in [0.25, 0.3) is 0 Å². The third-order valence-electron chi connectivity index (χ3n) is 3.76. The average Bonchev–Trinajstić information content (AvgIpc) is 3.05. The van der Waals surface area contributed by atoms with Crippen LogP contribution in [0.15, 0.2) is 24.3 Å². The Kier molecular flexibility index (Phi) is 2.38. The van der Waals surface area contributed by atoms with Crippen molar-refractivity contribution in [2.45, 2.75) is 6.54 Å². The number of aromatic hydroxyl groups is 1. The van der Waals surface area contributed by atoms with Crippen LogP contribution in [0.5, 0.6) is 5.75 Å². The summed E-state index contributed by atoms with van der Waals surface area (Å²) >= 11 is 0. The van der Waals surface area contributed by atoms with Gasteiger partial charge in [-0.3, -0.25) is 14.5 Å². The number of likely N-dealkylation sites (tertiary alicyclic amines) is 1. The largest absolute Gasteiger partial charge is 0.508 e. The van der Waals surface area contributed by atoms with Crippen LogP contribution in [0.2, 0.25) is 0 Å². The van der Waals surface area contributed by atoms with Gasteiger partial charge in [-0.1, -0.05) is 12.1 Å². The summed E-state index contributed by atoms with van der Waals surface area (Å²) in [4.78, 5) is 25.1. The minimum absolute atomic E-state index is 0.0974. The Morgan fingerprint density at radius 1 is 1.06 bits per heavy atom. The average molecular weight is 247 g/mol. The van der Waals surface area contributed by atoms with Crippen molar-refractivity contribution in [1.29, 1.82) is 0 Å². The van der Waals surface area contributed by atoms with E-state index < -0.39 is 0 Å². The molecule has 2 atom stereocenters. The van der Waals surface area contributed by atoms with Crippen molar-refractivity contribution in [2.75, 3.05) is 6.61 Å². The van der Waals surface area contributed by atoms with Crippen molar-refractivity contribution in [2.24, 2.45) is 17.8 Å². The number of piperidine rings is 1.